The molecule has 33 heavy (non-hydrogen) atoms. The van der Waals surface area contributed by atoms with E-state index < -0.39 is 0 Å². The van der Waals surface area contributed by atoms with Crippen molar-refractivity contribution in [2.24, 2.45) is 0 Å². The molecular weight excluding hydrogens is 434 g/mol. The topological polar surface area (TPSA) is 60.1 Å². The minimum Gasteiger partial charge on any atom is -0.363 e. The molecule has 0 bridgehead atoms. The van der Waals surface area contributed by atoms with Crippen molar-refractivity contribution in [3.8, 4) is 0 Å². The van der Waals surface area contributed by atoms with Gasteiger partial charge in [0.2, 0.25) is 0 Å². The number of non-ortho nitro benzene ring substituents is 1. The van der Waals surface area contributed by atoms with Crippen LogP contribution in [0.5, 0.6) is 0 Å². The quantitative estimate of drug-likeness (QED) is 0.243. The summed E-state index contributed by atoms with van der Waals surface area (Å²) >= 11 is 0. The van der Waals surface area contributed by atoms with Gasteiger partial charge in [0.15, 0.2) is 0 Å². The summed E-state index contributed by atoms with van der Waals surface area (Å²) in [5, 5.41) is 14.2. The second-order valence-electron chi connectivity index (χ2n) is 7.79. The monoisotopic (exact) mass is 463 g/mol. The Morgan fingerprint density at radius 3 is 2.39 bits per heavy atom. The Kier molecular flexibility index (Phi) is 9.70. The predicted octanol–water partition coefficient (Wildman–Crippen LogP) is 6.99. The first-order chi connectivity index (χ1) is 15.5. The molecule has 1 aliphatic heterocycles. The molecule has 2 heterocycles. The normalized spacial score (nSPS) is 14.7. The number of nitro benzene ring substituents is 1. The first kappa shape index (κ1) is 25.7. The number of benzene rings is 2. The van der Waals surface area contributed by atoms with E-state index in [0.29, 0.717) is 0 Å². The summed E-state index contributed by atoms with van der Waals surface area (Å²) in [7, 11) is 0. The molecule has 0 amide bonds. The fraction of sp³-hybridized carbons (Fsp3) is 0.185. The lowest BCUT2D eigenvalue weighted by atomic mass is 9.85. The first-order valence-corrected chi connectivity index (χ1v) is 10.6. The molecule has 1 aromatic heterocycles. The highest BCUT2D eigenvalue weighted by Crippen LogP contribution is 2.35. The Morgan fingerprint density at radius 1 is 1.06 bits per heavy atom. The van der Waals surface area contributed by atoms with Crippen molar-refractivity contribution in [2.45, 2.75) is 32.7 Å². The second kappa shape index (κ2) is 12.5. The summed E-state index contributed by atoms with van der Waals surface area (Å²) in [6.45, 7) is 8.78. The minimum atomic E-state index is -0.356. The Balaban J connectivity index is 0.000000253. The smallest absolute Gasteiger partial charge is 0.269 e. The largest absolute Gasteiger partial charge is 0.363 e. The molecule has 2 aromatic carbocycles. The van der Waals surface area contributed by atoms with Crippen LogP contribution < -0.4 is 5.32 Å². The number of aromatic nitrogens is 1. The average molecular weight is 464 g/mol. The standard InChI is InChI=1S/C16H18N2O2.C11H11N.ClH/c1-4-6-15-12(3)17-11(2)9-16(15)13-7-5-8-14(10-13)18(19)20;1-2-6-11(7-3-1)10-12-8-4-5-9-12;/h4-5,7-10,16-17H,1,6H2,2-3H3;1-9H,10H2;1H. The van der Waals surface area contributed by atoms with Crippen LogP contribution in [0.1, 0.15) is 37.3 Å². The van der Waals surface area contributed by atoms with E-state index in [9.17, 15) is 10.1 Å². The molecule has 1 N–H and O–H groups in total. The van der Waals surface area contributed by atoms with Crippen LogP contribution in [-0.4, -0.2) is 9.49 Å². The van der Waals surface area contributed by atoms with E-state index in [0.717, 1.165) is 29.9 Å². The highest BCUT2D eigenvalue weighted by atomic mass is 35.5. The molecule has 6 heteroatoms. The third-order valence-corrected chi connectivity index (χ3v) is 5.34. The van der Waals surface area contributed by atoms with Crippen molar-refractivity contribution in [3.63, 3.8) is 0 Å². The van der Waals surface area contributed by atoms with Gasteiger partial charge in [-0.25, -0.2) is 0 Å². The molecule has 1 aliphatic rings. The number of hydrogen-bond donors (Lipinski definition) is 1. The maximum absolute atomic E-state index is 10.9. The summed E-state index contributed by atoms with van der Waals surface area (Å²) in [5.74, 6) is 0.0640. The highest BCUT2D eigenvalue weighted by molar-refractivity contribution is 5.85. The number of nitro groups is 1. The van der Waals surface area contributed by atoms with E-state index >= 15 is 0 Å². The van der Waals surface area contributed by atoms with E-state index in [4.69, 9.17) is 0 Å². The zero-order chi connectivity index (χ0) is 22.9. The van der Waals surface area contributed by atoms with Crippen LogP contribution in [0, 0.1) is 10.1 Å². The fourth-order valence-electron chi connectivity index (χ4n) is 3.84. The molecule has 0 fully saturated rings. The van der Waals surface area contributed by atoms with Crippen LogP contribution >= 0.6 is 12.4 Å². The molecule has 4 rings (SSSR count). The Morgan fingerprint density at radius 2 is 1.76 bits per heavy atom. The molecule has 0 radical (unpaired) electrons. The number of nitrogens with zero attached hydrogens (tertiary/aromatic N) is 2. The molecule has 3 aromatic rings. The van der Waals surface area contributed by atoms with Gasteiger partial charge in [0.1, 0.15) is 0 Å². The van der Waals surface area contributed by atoms with Crippen molar-refractivity contribution >= 4 is 18.1 Å². The van der Waals surface area contributed by atoms with E-state index in [2.05, 4.69) is 59.2 Å². The van der Waals surface area contributed by atoms with Gasteiger partial charge < -0.3 is 9.88 Å². The Hall–Kier alpha value is -3.57. The number of dihydropyridines is 1. The van der Waals surface area contributed by atoms with Gasteiger partial charge in [-0.05, 0) is 49.1 Å². The molecule has 0 saturated heterocycles. The molecule has 1 unspecified atom stereocenters. The number of rotatable bonds is 6. The summed E-state index contributed by atoms with van der Waals surface area (Å²) in [6, 6.07) is 21.4. The molecule has 0 aliphatic carbocycles. The summed E-state index contributed by atoms with van der Waals surface area (Å²) in [4.78, 5) is 10.6. The molecular formula is C27H30ClN3O2. The SMILES string of the molecule is C=CCC1=C(C)NC(C)=CC1c1cccc([N+](=O)[O-])c1.Cl.c1ccc(Cn2cccc2)cc1. The van der Waals surface area contributed by atoms with Crippen LogP contribution in [-0.2, 0) is 6.54 Å². The fourth-order valence-corrected chi connectivity index (χ4v) is 3.84. The maximum Gasteiger partial charge on any atom is 0.269 e. The molecule has 1 atom stereocenters. The van der Waals surface area contributed by atoms with Crippen molar-refractivity contribution in [1.82, 2.24) is 9.88 Å². The van der Waals surface area contributed by atoms with Gasteiger partial charge in [-0.2, -0.15) is 0 Å². The maximum atomic E-state index is 10.9. The van der Waals surface area contributed by atoms with E-state index in [1.807, 2.05) is 44.2 Å². The molecule has 0 saturated carbocycles. The van der Waals surface area contributed by atoms with Crippen molar-refractivity contribution in [2.75, 3.05) is 0 Å². The van der Waals surface area contributed by atoms with Gasteiger partial charge in [0, 0.05) is 48.4 Å². The van der Waals surface area contributed by atoms with Crippen LogP contribution in [0.25, 0.3) is 0 Å². The summed E-state index contributed by atoms with van der Waals surface area (Å²) in [6.07, 6.45) is 8.88. The van der Waals surface area contributed by atoms with Crippen LogP contribution in [0.15, 0.2) is 115 Å². The van der Waals surface area contributed by atoms with Crippen molar-refractivity contribution in [3.05, 3.63) is 136 Å². The lowest BCUT2D eigenvalue weighted by Crippen LogP contribution is -2.19. The van der Waals surface area contributed by atoms with E-state index in [1.165, 1.54) is 17.2 Å². The van der Waals surface area contributed by atoms with Crippen LogP contribution in [0.3, 0.4) is 0 Å². The second-order valence-corrected chi connectivity index (χ2v) is 7.79. The lowest BCUT2D eigenvalue weighted by molar-refractivity contribution is -0.384. The van der Waals surface area contributed by atoms with E-state index in [-0.39, 0.29) is 28.9 Å². The molecule has 172 valence electrons. The summed E-state index contributed by atoms with van der Waals surface area (Å²) < 4.78 is 2.16. The zero-order valence-electron chi connectivity index (χ0n) is 19.0. The molecule has 5 nitrogen and oxygen atoms in total. The number of nitrogens with one attached hydrogen (secondary N) is 1. The third-order valence-electron chi connectivity index (χ3n) is 5.34. The van der Waals surface area contributed by atoms with Gasteiger partial charge in [-0.1, -0.05) is 54.6 Å². The van der Waals surface area contributed by atoms with Crippen LogP contribution in [0.4, 0.5) is 5.69 Å². The number of halogens is 1. The van der Waals surface area contributed by atoms with Crippen molar-refractivity contribution < 1.29 is 4.92 Å². The first-order valence-electron chi connectivity index (χ1n) is 10.6. The van der Waals surface area contributed by atoms with E-state index in [1.54, 1.807) is 12.1 Å². The average Bonchev–Trinajstić information content (AvgIpc) is 3.30. The summed E-state index contributed by atoms with van der Waals surface area (Å²) in [5.41, 5.74) is 5.77. The van der Waals surface area contributed by atoms with Crippen LogP contribution in [0.2, 0.25) is 0 Å². The number of hydrogen-bond acceptors (Lipinski definition) is 3. The van der Waals surface area contributed by atoms with Gasteiger partial charge in [-0.3, -0.25) is 10.1 Å². The third kappa shape index (κ3) is 7.22. The predicted molar refractivity (Wildman–Crippen MR) is 137 cm³/mol. The van der Waals surface area contributed by atoms with Gasteiger partial charge in [-0.15, -0.1) is 19.0 Å². The van der Waals surface area contributed by atoms with Crippen molar-refractivity contribution in [1.29, 1.82) is 0 Å². The minimum absolute atomic E-state index is 0. The Labute approximate surface area is 201 Å². The lowest BCUT2D eigenvalue weighted by Gasteiger charge is -2.26. The Bertz CT molecular complexity index is 1120. The van der Waals surface area contributed by atoms with Gasteiger partial charge >= 0.3 is 0 Å². The molecule has 0 spiro atoms. The number of allylic oxidation sites excluding steroid dienone is 5. The van der Waals surface area contributed by atoms with Gasteiger partial charge in [0.05, 0.1) is 4.92 Å². The van der Waals surface area contributed by atoms with Gasteiger partial charge in [0.25, 0.3) is 5.69 Å². The zero-order valence-corrected chi connectivity index (χ0v) is 19.8. The highest BCUT2D eigenvalue weighted by Gasteiger charge is 2.21.